The van der Waals surface area contributed by atoms with Gasteiger partial charge in [-0.25, -0.2) is 0 Å². The van der Waals surface area contributed by atoms with Gasteiger partial charge in [0.15, 0.2) is 0 Å². The van der Waals surface area contributed by atoms with Gasteiger partial charge in [0.05, 0.1) is 23.0 Å². The van der Waals surface area contributed by atoms with Crippen molar-refractivity contribution >= 4 is 5.69 Å². The monoisotopic (exact) mass is 378 g/mol. The fourth-order valence-corrected chi connectivity index (χ4v) is 4.32. The number of alkyl halides is 3. The Bertz CT molecular complexity index is 827. The molecular weight excluding hydrogens is 357 g/mol. The maximum absolute atomic E-state index is 13.5. The van der Waals surface area contributed by atoms with Crippen LogP contribution in [0.25, 0.3) is 11.3 Å². The summed E-state index contributed by atoms with van der Waals surface area (Å²) in [5, 5.41) is 21.3. The zero-order chi connectivity index (χ0) is 19.0. The molecule has 2 atom stereocenters. The van der Waals surface area contributed by atoms with E-state index in [-0.39, 0.29) is 17.3 Å². The minimum Gasteiger partial charge on any atom is -0.507 e. The van der Waals surface area contributed by atoms with E-state index >= 15 is 0 Å². The third-order valence-corrected chi connectivity index (χ3v) is 5.49. The number of fused-ring (bicyclic) bond motifs is 1. The molecule has 4 rings (SSSR count). The van der Waals surface area contributed by atoms with Crippen molar-refractivity contribution in [1.29, 1.82) is 0 Å². The van der Waals surface area contributed by atoms with Gasteiger partial charge in [-0.05, 0) is 57.0 Å². The molecule has 2 fully saturated rings. The number of phenols is 1. The lowest BCUT2D eigenvalue weighted by atomic mass is 9.95. The number of halogens is 3. The largest absolute Gasteiger partial charge is 0.507 e. The van der Waals surface area contributed by atoms with Gasteiger partial charge in [-0.2, -0.15) is 18.3 Å². The Kier molecular flexibility index (Phi) is 4.67. The van der Waals surface area contributed by atoms with Crippen LogP contribution in [0, 0.1) is 0 Å². The Morgan fingerprint density at radius 3 is 2.67 bits per heavy atom. The van der Waals surface area contributed by atoms with Crippen LogP contribution in [0.3, 0.4) is 0 Å². The van der Waals surface area contributed by atoms with E-state index in [1.807, 2.05) is 0 Å². The highest BCUT2D eigenvalue weighted by Crippen LogP contribution is 2.43. The van der Waals surface area contributed by atoms with E-state index in [1.165, 1.54) is 18.3 Å². The Hall–Kier alpha value is -2.35. The first-order valence-corrected chi connectivity index (χ1v) is 9.17. The van der Waals surface area contributed by atoms with E-state index < -0.39 is 17.5 Å². The summed E-state index contributed by atoms with van der Waals surface area (Å²) in [7, 11) is 0. The lowest BCUT2D eigenvalue weighted by molar-refractivity contribution is -0.137. The summed E-state index contributed by atoms with van der Waals surface area (Å²) in [6.07, 6.45) is 1.07. The van der Waals surface area contributed by atoms with Crippen molar-refractivity contribution in [2.24, 2.45) is 0 Å². The minimum absolute atomic E-state index is 0.0260. The predicted molar refractivity (Wildman–Crippen MR) is 95.4 cm³/mol. The molecule has 2 aromatic rings. The standard InChI is InChI=1S/C19H21F3N4O/c20-19(21,22)12-4-1-7-16(27)17(12)18-14(8-9-23-25-18)24-13-5-2-10-26-11-3-6-15(13)26/h1,4,7-9,13,15,27H,2-3,5-6,10-11H2,(H,23,24)/t13-,15-/m0/s1. The van der Waals surface area contributed by atoms with Crippen LogP contribution in [0.15, 0.2) is 30.5 Å². The number of nitrogens with one attached hydrogen (secondary N) is 1. The summed E-state index contributed by atoms with van der Waals surface area (Å²) in [6.45, 7) is 2.14. The lowest BCUT2D eigenvalue weighted by Gasteiger charge is -2.37. The molecule has 8 heteroatoms. The van der Waals surface area contributed by atoms with Crippen molar-refractivity contribution < 1.29 is 18.3 Å². The maximum atomic E-state index is 13.5. The second-order valence-corrected chi connectivity index (χ2v) is 7.13. The predicted octanol–water partition coefficient (Wildman–Crippen LogP) is 3.91. The van der Waals surface area contributed by atoms with Gasteiger partial charge in [0.1, 0.15) is 11.4 Å². The van der Waals surface area contributed by atoms with Crippen molar-refractivity contribution in [1.82, 2.24) is 15.1 Å². The van der Waals surface area contributed by atoms with Gasteiger partial charge in [0.2, 0.25) is 0 Å². The van der Waals surface area contributed by atoms with Crippen LogP contribution in [-0.4, -0.2) is 45.4 Å². The Labute approximate surface area is 155 Å². The fourth-order valence-electron chi connectivity index (χ4n) is 4.32. The molecule has 0 unspecified atom stereocenters. The number of rotatable bonds is 3. The highest BCUT2D eigenvalue weighted by atomic mass is 19.4. The number of piperidine rings is 1. The van der Waals surface area contributed by atoms with Crippen LogP contribution in [0.2, 0.25) is 0 Å². The van der Waals surface area contributed by atoms with E-state index in [1.54, 1.807) is 6.07 Å². The second-order valence-electron chi connectivity index (χ2n) is 7.13. The number of hydrogen-bond acceptors (Lipinski definition) is 5. The van der Waals surface area contributed by atoms with E-state index in [2.05, 4.69) is 20.4 Å². The highest BCUT2D eigenvalue weighted by molar-refractivity contribution is 5.80. The summed E-state index contributed by atoms with van der Waals surface area (Å²) in [5.74, 6) is -0.459. The van der Waals surface area contributed by atoms with Crippen LogP contribution >= 0.6 is 0 Å². The highest BCUT2D eigenvalue weighted by Gasteiger charge is 2.37. The molecule has 144 valence electrons. The van der Waals surface area contributed by atoms with Crippen LogP contribution in [0.5, 0.6) is 5.75 Å². The average Bonchev–Trinajstić information content (AvgIpc) is 3.11. The quantitative estimate of drug-likeness (QED) is 0.848. The van der Waals surface area contributed by atoms with E-state index in [0.717, 1.165) is 44.8 Å². The molecule has 0 radical (unpaired) electrons. The Morgan fingerprint density at radius 2 is 1.89 bits per heavy atom. The van der Waals surface area contributed by atoms with Gasteiger partial charge in [0.25, 0.3) is 0 Å². The SMILES string of the molecule is Oc1cccc(C(F)(F)F)c1-c1nnccc1N[C@H]1CCCN2CCC[C@@H]12. The first kappa shape index (κ1) is 18.0. The first-order valence-electron chi connectivity index (χ1n) is 9.17. The lowest BCUT2D eigenvalue weighted by Crippen LogP contribution is -2.47. The normalized spacial score (nSPS) is 23.2. The Morgan fingerprint density at radius 1 is 1.11 bits per heavy atom. The summed E-state index contributed by atoms with van der Waals surface area (Å²) in [5.41, 5.74) is -0.759. The molecule has 2 N–H and O–H groups in total. The molecule has 0 aliphatic carbocycles. The molecule has 0 amide bonds. The van der Waals surface area contributed by atoms with E-state index in [4.69, 9.17) is 0 Å². The maximum Gasteiger partial charge on any atom is 0.417 e. The second kappa shape index (κ2) is 6.99. The zero-order valence-corrected chi connectivity index (χ0v) is 14.7. The van der Waals surface area contributed by atoms with Crippen LogP contribution in [0.1, 0.15) is 31.2 Å². The molecule has 3 heterocycles. The van der Waals surface area contributed by atoms with Gasteiger partial charge < -0.3 is 10.4 Å². The number of phenolic OH excluding ortho intramolecular Hbond substituents is 1. The van der Waals surface area contributed by atoms with Crippen LogP contribution < -0.4 is 5.32 Å². The molecule has 2 aliphatic heterocycles. The van der Waals surface area contributed by atoms with Gasteiger partial charge >= 0.3 is 6.18 Å². The molecule has 2 aliphatic rings. The fraction of sp³-hybridized carbons (Fsp3) is 0.474. The van der Waals surface area contributed by atoms with Crippen LogP contribution in [-0.2, 0) is 6.18 Å². The molecule has 1 aromatic heterocycles. The number of hydrogen-bond donors (Lipinski definition) is 2. The molecule has 0 spiro atoms. The van der Waals surface area contributed by atoms with Crippen molar-refractivity contribution in [2.45, 2.75) is 43.9 Å². The molecular formula is C19H21F3N4O. The van der Waals surface area contributed by atoms with Gasteiger partial charge in [-0.15, -0.1) is 5.10 Å². The number of aromatic nitrogens is 2. The zero-order valence-electron chi connectivity index (χ0n) is 14.7. The summed E-state index contributed by atoms with van der Waals surface area (Å²) in [6, 6.07) is 5.52. The number of benzene rings is 1. The third kappa shape index (κ3) is 3.45. The topological polar surface area (TPSA) is 61.3 Å². The molecule has 5 nitrogen and oxygen atoms in total. The number of anilines is 1. The smallest absolute Gasteiger partial charge is 0.417 e. The van der Waals surface area contributed by atoms with Gasteiger partial charge in [-0.1, -0.05) is 6.07 Å². The summed E-state index contributed by atoms with van der Waals surface area (Å²) in [4.78, 5) is 2.44. The first-order chi connectivity index (χ1) is 12.9. The van der Waals surface area contributed by atoms with Gasteiger partial charge in [0, 0.05) is 12.1 Å². The van der Waals surface area contributed by atoms with Crippen molar-refractivity contribution in [2.75, 3.05) is 18.4 Å². The van der Waals surface area contributed by atoms with Crippen molar-refractivity contribution in [3.63, 3.8) is 0 Å². The summed E-state index contributed by atoms with van der Waals surface area (Å²) >= 11 is 0. The van der Waals surface area contributed by atoms with Crippen molar-refractivity contribution in [3.05, 3.63) is 36.0 Å². The minimum atomic E-state index is -4.60. The summed E-state index contributed by atoms with van der Waals surface area (Å²) < 4.78 is 40.5. The van der Waals surface area contributed by atoms with E-state index in [0.29, 0.717) is 11.7 Å². The third-order valence-electron chi connectivity index (χ3n) is 5.49. The van der Waals surface area contributed by atoms with Crippen LogP contribution in [0.4, 0.5) is 18.9 Å². The number of aromatic hydroxyl groups is 1. The molecule has 2 saturated heterocycles. The molecule has 27 heavy (non-hydrogen) atoms. The van der Waals surface area contributed by atoms with E-state index in [9.17, 15) is 18.3 Å². The van der Waals surface area contributed by atoms with Crippen molar-refractivity contribution in [3.8, 4) is 17.0 Å². The Balaban J connectivity index is 1.73. The molecule has 0 saturated carbocycles. The average molecular weight is 378 g/mol. The van der Waals surface area contributed by atoms with Gasteiger partial charge in [-0.3, -0.25) is 4.90 Å². The number of nitrogens with zero attached hydrogens (tertiary/aromatic N) is 3. The molecule has 1 aromatic carbocycles. The molecule has 0 bridgehead atoms.